The van der Waals surface area contributed by atoms with Crippen LogP contribution in [-0.4, -0.2) is 52.6 Å². The first-order valence-corrected chi connectivity index (χ1v) is 8.34. The number of hydrogen-bond donors (Lipinski definition) is 1. The van der Waals surface area contributed by atoms with Gasteiger partial charge in [-0.3, -0.25) is 4.79 Å². The molecule has 1 amide bonds. The van der Waals surface area contributed by atoms with Gasteiger partial charge in [0.1, 0.15) is 17.0 Å². The first-order valence-electron chi connectivity index (χ1n) is 5.70. The zero-order valence-corrected chi connectivity index (χ0v) is 12.3. The maximum atomic E-state index is 11.9. The predicted octanol–water partition coefficient (Wildman–Crippen LogP) is -0.886. The van der Waals surface area contributed by atoms with Gasteiger partial charge in [-0.05, 0) is 17.4 Å². The number of aromatic nitrogens is 4. The molecule has 0 radical (unpaired) electrons. The lowest BCUT2D eigenvalue weighted by Gasteiger charge is -2.17. The van der Waals surface area contributed by atoms with Crippen molar-refractivity contribution >= 4 is 27.7 Å². The number of aryl methyl sites for hydroxylation is 1. The topological polar surface area (TPSA) is 116 Å². The molecule has 0 bridgehead atoms. The van der Waals surface area contributed by atoms with Gasteiger partial charge in [-0.25, -0.2) is 17.8 Å². The lowest BCUT2D eigenvalue weighted by molar-refractivity contribution is -0.115. The molecule has 0 unspecified atom stereocenters. The van der Waals surface area contributed by atoms with Gasteiger partial charge >= 0.3 is 0 Å². The molecular weight excluding hydrogens is 306 g/mol. The van der Waals surface area contributed by atoms with Crippen molar-refractivity contribution in [2.75, 3.05) is 18.1 Å². The molecule has 0 saturated heterocycles. The van der Waals surface area contributed by atoms with Crippen LogP contribution < -0.4 is 4.72 Å². The Balaban J connectivity index is 1.95. The standard InChI is InChI=1S/C9H13N5O4S2/c1-7-8(19-4-3-18-7)9(15)11-20(16,17)5-2-14-6-10-12-13-14/h6H,2-5H2,1H3,(H,11,15). The van der Waals surface area contributed by atoms with E-state index >= 15 is 0 Å². The van der Waals surface area contributed by atoms with Crippen LogP contribution in [0.2, 0.25) is 0 Å². The molecule has 11 heteroatoms. The third-order valence-corrected chi connectivity index (χ3v) is 4.75. The zero-order chi connectivity index (χ0) is 14.6. The Kier molecular flexibility index (Phi) is 4.60. The molecule has 1 aliphatic rings. The minimum absolute atomic E-state index is 0.0668. The fraction of sp³-hybridized carbons (Fsp3) is 0.556. The molecular formula is C9H13N5O4S2. The van der Waals surface area contributed by atoms with E-state index < -0.39 is 15.9 Å². The van der Waals surface area contributed by atoms with Gasteiger partial charge < -0.3 is 4.74 Å². The molecule has 1 aromatic rings. The Morgan fingerprint density at radius 2 is 2.40 bits per heavy atom. The molecule has 0 spiro atoms. The molecule has 20 heavy (non-hydrogen) atoms. The third-order valence-electron chi connectivity index (χ3n) is 2.40. The van der Waals surface area contributed by atoms with Crippen LogP contribution in [0.4, 0.5) is 0 Å². The van der Waals surface area contributed by atoms with Crippen LogP contribution >= 0.6 is 11.8 Å². The summed E-state index contributed by atoms with van der Waals surface area (Å²) in [6.07, 6.45) is 1.30. The Labute approximate surface area is 119 Å². The number of tetrazole rings is 1. The number of sulfonamides is 1. The fourth-order valence-corrected chi connectivity index (χ4v) is 3.26. The second-order valence-electron chi connectivity index (χ2n) is 3.91. The van der Waals surface area contributed by atoms with Crippen LogP contribution in [0.5, 0.6) is 0 Å². The number of nitrogens with one attached hydrogen (secondary N) is 1. The monoisotopic (exact) mass is 319 g/mol. The van der Waals surface area contributed by atoms with Crippen LogP contribution in [-0.2, 0) is 26.1 Å². The predicted molar refractivity (Wildman–Crippen MR) is 70.9 cm³/mol. The number of allylic oxidation sites excluding steroid dienone is 1. The number of thioether (sulfide) groups is 1. The Morgan fingerprint density at radius 3 is 3.05 bits per heavy atom. The third kappa shape index (κ3) is 3.93. The summed E-state index contributed by atoms with van der Waals surface area (Å²) >= 11 is 1.28. The summed E-state index contributed by atoms with van der Waals surface area (Å²) in [5.74, 6) is 0.102. The van der Waals surface area contributed by atoms with Gasteiger partial charge in [-0.2, -0.15) is 0 Å². The van der Waals surface area contributed by atoms with Crippen LogP contribution in [0.3, 0.4) is 0 Å². The van der Waals surface area contributed by atoms with Crippen molar-refractivity contribution in [1.29, 1.82) is 0 Å². The van der Waals surface area contributed by atoms with Crippen molar-refractivity contribution in [1.82, 2.24) is 24.9 Å². The molecule has 0 aliphatic carbocycles. The fourth-order valence-electron chi connectivity index (χ4n) is 1.47. The summed E-state index contributed by atoms with van der Waals surface area (Å²) in [5, 5.41) is 10.3. The van der Waals surface area contributed by atoms with E-state index in [1.165, 1.54) is 22.8 Å². The van der Waals surface area contributed by atoms with Gasteiger partial charge in [0.05, 0.1) is 18.9 Å². The van der Waals surface area contributed by atoms with Crippen molar-refractivity contribution in [2.24, 2.45) is 0 Å². The average Bonchev–Trinajstić information content (AvgIpc) is 2.89. The normalized spacial score (nSPS) is 15.8. The maximum absolute atomic E-state index is 11.9. The number of ether oxygens (including phenoxy) is 1. The minimum Gasteiger partial charge on any atom is -0.496 e. The van der Waals surface area contributed by atoms with Crippen molar-refractivity contribution in [3.8, 4) is 0 Å². The number of rotatable bonds is 5. The molecule has 110 valence electrons. The maximum Gasteiger partial charge on any atom is 0.274 e. The molecule has 1 aliphatic heterocycles. The molecule has 9 nitrogen and oxygen atoms in total. The number of amides is 1. The van der Waals surface area contributed by atoms with Crippen LogP contribution in [0.15, 0.2) is 17.0 Å². The van der Waals surface area contributed by atoms with Crippen LogP contribution in [0.1, 0.15) is 6.92 Å². The molecule has 0 aromatic carbocycles. The second-order valence-corrected chi connectivity index (χ2v) is 6.85. The Hall–Kier alpha value is -1.62. The van der Waals surface area contributed by atoms with E-state index in [1.807, 2.05) is 4.72 Å². The van der Waals surface area contributed by atoms with E-state index in [9.17, 15) is 13.2 Å². The highest BCUT2D eigenvalue weighted by Crippen LogP contribution is 2.25. The van der Waals surface area contributed by atoms with E-state index in [4.69, 9.17) is 4.74 Å². The van der Waals surface area contributed by atoms with Gasteiger partial charge in [-0.15, -0.1) is 16.9 Å². The van der Waals surface area contributed by atoms with Gasteiger partial charge in [0.2, 0.25) is 10.0 Å². The number of carbonyl (C=O) groups excluding carboxylic acids is 1. The lowest BCUT2D eigenvalue weighted by Crippen LogP contribution is -2.35. The summed E-state index contributed by atoms with van der Waals surface area (Å²) in [4.78, 5) is 12.2. The highest BCUT2D eigenvalue weighted by molar-refractivity contribution is 8.04. The molecule has 1 N–H and O–H groups in total. The van der Waals surface area contributed by atoms with Crippen molar-refractivity contribution in [2.45, 2.75) is 13.5 Å². The van der Waals surface area contributed by atoms with Crippen molar-refractivity contribution < 1.29 is 17.9 Å². The highest BCUT2D eigenvalue weighted by atomic mass is 32.2. The van der Waals surface area contributed by atoms with Crippen molar-refractivity contribution in [3.05, 3.63) is 17.0 Å². The van der Waals surface area contributed by atoms with Crippen LogP contribution in [0.25, 0.3) is 0 Å². The second kappa shape index (κ2) is 6.22. The number of carbonyl (C=O) groups is 1. The first kappa shape index (κ1) is 14.8. The zero-order valence-electron chi connectivity index (χ0n) is 10.6. The average molecular weight is 319 g/mol. The summed E-state index contributed by atoms with van der Waals surface area (Å²) in [5.41, 5.74) is 0. The largest absolute Gasteiger partial charge is 0.496 e. The van der Waals surface area contributed by atoms with Crippen LogP contribution in [0, 0.1) is 0 Å². The summed E-state index contributed by atoms with van der Waals surface area (Å²) in [7, 11) is -3.75. The SMILES string of the molecule is CC1=C(C(=O)NS(=O)(=O)CCn2cnnn2)SCCO1. The van der Waals surface area contributed by atoms with E-state index in [1.54, 1.807) is 6.92 Å². The number of nitrogens with zero attached hydrogens (tertiary/aromatic N) is 4. The molecule has 1 aromatic heterocycles. The molecule has 2 rings (SSSR count). The molecule has 0 fully saturated rings. The van der Waals surface area contributed by atoms with Crippen molar-refractivity contribution in [3.63, 3.8) is 0 Å². The van der Waals surface area contributed by atoms with E-state index in [-0.39, 0.29) is 12.3 Å². The molecule has 2 heterocycles. The minimum atomic E-state index is -3.75. The van der Waals surface area contributed by atoms with Gasteiger partial charge in [0.25, 0.3) is 5.91 Å². The number of hydrogen-bond acceptors (Lipinski definition) is 8. The lowest BCUT2D eigenvalue weighted by atomic mass is 10.4. The van der Waals surface area contributed by atoms with Gasteiger partial charge in [-0.1, -0.05) is 0 Å². The van der Waals surface area contributed by atoms with Gasteiger partial charge in [0, 0.05) is 5.75 Å². The Morgan fingerprint density at radius 1 is 1.60 bits per heavy atom. The summed E-state index contributed by atoms with van der Waals surface area (Å²) in [6.45, 7) is 2.21. The first-order chi connectivity index (χ1) is 9.48. The van der Waals surface area contributed by atoms with E-state index in [0.717, 1.165) is 0 Å². The smallest absolute Gasteiger partial charge is 0.274 e. The van der Waals surface area contributed by atoms with E-state index in [0.29, 0.717) is 23.0 Å². The highest BCUT2D eigenvalue weighted by Gasteiger charge is 2.23. The molecule has 0 saturated carbocycles. The Bertz CT molecular complexity index is 610. The summed E-state index contributed by atoms with van der Waals surface area (Å²) < 4.78 is 32.1. The summed E-state index contributed by atoms with van der Waals surface area (Å²) in [6, 6.07) is 0. The van der Waals surface area contributed by atoms with E-state index in [2.05, 4.69) is 15.5 Å². The molecule has 0 atom stereocenters. The quantitative estimate of drug-likeness (QED) is 0.743. The van der Waals surface area contributed by atoms with Gasteiger partial charge in [0.15, 0.2) is 0 Å².